The zero-order valence-corrected chi connectivity index (χ0v) is 11.4. The lowest BCUT2D eigenvalue weighted by atomic mass is 10.1. The lowest BCUT2D eigenvalue weighted by molar-refractivity contribution is 0.0938. The maximum Gasteiger partial charge on any atom is 0.262 e. The van der Waals surface area contributed by atoms with Crippen LogP contribution in [-0.2, 0) is 0 Å². The van der Waals surface area contributed by atoms with Crippen LogP contribution in [0.4, 0.5) is 0 Å². The van der Waals surface area contributed by atoms with Crippen LogP contribution in [0.2, 0.25) is 0 Å². The number of halogens is 1. The molecule has 0 radical (unpaired) electrons. The van der Waals surface area contributed by atoms with Crippen molar-refractivity contribution in [1.29, 1.82) is 0 Å². The van der Waals surface area contributed by atoms with Crippen molar-refractivity contribution < 1.29 is 4.79 Å². The van der Waals surface area contributed by atoms with Gasteiger partial charge in [0.25, 0.3) is 5.91 Å². The molecule has 1 aliphatic rings. The van der Waals surface area contributed by atoms with Gasteiger partial charge in [0.05, 0.1) is 0 Å². The minimum atomic E-state index is 0.0637. The summed E-state index contributed by atoms with van der Waals surface area (Å²) in [6, 6.07) is 2.28. The number of carbonyl (C=O) groups is 1. The van der Waals surface area contributed by atoms with Crippen molar-refractivity contribution in [3.8, 4) is 0 Å². The van der Waals surface area contributed by atoms with Crippen molar-refractivity contribution in [2.75, 3.05) is 11.5 Å². The standard InChI is InChI=1S/C10H12BrNOS2/c11-8-3-6-15-9(8)10(13)12-7-1-4-14-5-2-7/h3,6-7H,1-2,4-5H2,(H,12,13). The van der Waals surface area contributed by atoms with Crippen LogP contribution in [0.15, 0.2) is 15.9 Å². The number of amides is 1. The zero-order chi connectivity index (χ0) is 10.7. The highest BCUT2D eigenvalue weighted by Gasteiger charge is 2.18. The Labute approximate surface area is 106 Å². The van der Waals surface area contributed by atoms with Crippen LogP contribution in [0.1, 0.15) is 22.5 Å². The molecule has 0 unspecified atom stereocenters. The van der Waals surface area contributed by atoms with Crippen LogP contribution in [0, 0.1) is 0 Å². The fourth-order valence-corrected chi connectivity index (χ4v) is 4.11. The molecule has 2 rings (SSSR count). The summed E-state index contributed by atoms with van der Waals surface area (Å²) in [5.41, 5.74) is 0. The van der Waals surface area contributed by atoms with Gasteiger partial charge in [-0.1, -0.05) is 0 Å². The van der Waals surface area contributed by atoms with Crippen molar-refractivity contribution in [2.24, 2.45) is 0 Å². The Bertz CT molecular complexity index is 347. The van der Waals surface area contributed by atoms with Crippen LogP contribution in [0.5, 0.6) is 0 Å². The molecule has 0 aliphatic carbocycles. The Balaban J connectivity index is 1.94. The quantitative estimate of drug-likeness (QED) is 0.909. The molecule has 2 nitrogen and oxygen atoms in total. The molecule has 1 N–H and O–H groups in total. The third-order valence-electron chi connectivity index (χ3n) is 2.38. The van der Waals surface area contributed by atoms with Crippen molar-refractivity contribution in [3.63, 3.8) is 0 Å². The maximum absolute atomic E-state index is 11.9. The molecule has 1 aliphatic heterocycles. The van der Waals surface area contributed by atoms with Crippen molar-refractivity contribution >= 4 is 44.9 Å². The lowest BCUT2D eigenvalue weighted by Gasteiger charge is -2.22. The summed E-state index contributed by atoms with van der Waals surface area (Å²) in [7, 11) is 0. The molecule has 0 saturated carbocycles. The van der Waals surface area contributed by atoms with Crippen LogP contribution < -0.4 is 5.32 Å². The molecule has 0 aromatic carbocycles. The second-order valence-corrected chi connectivity index (χ2v) is 6.45. The second kappa shape index (κ2) is 5.37. The average Bonchev–Trinajstić information content (AvgIpc) is 2.66. The molecule has 0 atom stereocenters. The Morgan fingerprint density at radius 3 is 2.80 bits per heavy atom. The highest BCUT2D eigenvalue weighted by molar-refractivity contribution is 9.10. The van der Waals surface area contributed by atoms with E-state index >= 15 is 0 Å². The third-order valence-corrected chi connectivity index (χ3v) is 5.27. The second-order valence-electron chi connectivity index (χ2n) is 3.46. The zero-order valence-electron chi connectivity index (χ0n) is 8.16. The van der Waals surface area contributed by atoms with E-state index in [1.807, 2.05) is 23.2 Å². The minimum Gasteiger partial charge on any atom is -0.349 e. The van der Waals surface area contributed by atoms with Gasteiger partial charge < -0.3 is 5.32 Å². The smallest absolute Gasteiger partial charge is 0.262 e. The Morgan fingerprint density at radius 1 is 1.47 bits per heavy atom. The summed E-state index contributed by atoms with van der Waals surface area (Å²) >= 11 is 6.83. The van der Waals surface area contributed by atoms with E-state index in [0.717, 1.165) is 33.7 Å². The normalized spacial score (nSPS) is 17.7. The number of nitrogens with one attached hydrogen (secondary N) is 1. The van der Waals surface area contributed by atoms with Crippen LogP contribution in [-0.4, -0.2) is 23.5 Å². The van der Waals surface area contributed by atoms with Gasteiger partial charge >= 0.3 is 0 Å². The van der Waals surface area contributed by atoms with E-state index in [2.05, 4.69) is 21.2 Å². The molecule has 15 heavy (non-hydrogen) atoms. The summed E-state index contributed by atoms with van der Waals surface area (Å²) < 4.78 is 0.898. The first-order valence-electron chi connectivity index (χ1n) is 4.89. The Hall–Kier alpha value is -0.000000000000000111. The number of thiophene rings is 1. The van der Waals surface area contributed by atoms with Gasteiger partial charge in [-0.15, -0.1) is 11.3 Å². The molecular weight excluding hydrogens is 294 g/mol. The fraction of sp³-hybridized carbons (Fsp3) is 0.500. The predicted octanol–water partition coefficient (Wildman–Crippen LogP) is 3.14. The van der Waals surface area contributed by atoms with Crippen molar-refractivity contribution in [3.05, 3.63) is 20.8 Å². The predicted molar refractivity (Wildman–Crippen MR) is 69.8 cm³/mol. The first-order chi connectivity index (χ1) is 7.27. The van der Waals surface area contributed by atoms with Gasteiger partial charge in [-0.2, -0.15) is 11.8 Å². The van der Waals surface area contributed by atoms with Gasteiger partial charge in [0.2, 0.25) is 0 Å². The van der Waals surface area contributed by atoms with E-state index in [-0.39, 0.29) is 5.91 Å². The number of thioether (sulfide) groups is 1. The third kappa shape index (κ3) is 2.98. The van der Waals surface area contributed by atoms with Crippen molar-refractivity contribution in [1.82, 2.24) is 5.32 Å². The van der Waals surface area contributed by atoms with Gasteiger partial charge in [-0.25, -0.2) is 0 Å². The first-order valence-corrected chi connectivity index (χ1v) is 7.71. The van der Waals surface area contributed by atoms with Gasteiger partial charge in [0.1, 0.15) is 4.88 Å². The SMILES string of the molecule is O=C(NC1CCSCC1)c1sccc1Br. The average molecular weight is 306 g/mol. The van der Waals surface area contributed by atoms with Gasteiger partial charge in [0.15, 0.2) is 0 Å². The van der Waals surface area contributed by atoms with E-state index in [9.17, 15) is 4.79 Å². The van der Waals surface area contributed by atoms with E-state index in [1.54, 1.807) is 0 Å². The largest absolute Gasteiger partial charge is 0.349 e. The van der Waals surface area contributed by atoms with Crippen LogP contribution >= 0.6 is 39.0 Å². The van der Waals surface area contributed by atoms with Crippen LogP contribution in [0.25, 0.3) is 0 Å². The van der Waals surface area contributed by atoms with Crippen LogP contribution in [0.3, 0.4) is 0 Å². The maximum atomic E-state index is 11.9. The Morgan fingerprint density at radius 2 is 2.20 bits per heavy atom. The van der Waals surface area contributed by atoms with E-state index in [1.165, 1.54) is 11.3 Å². The molecule has 0 spiro atoms. The fourth-order valence-electron chi connectivity index (χ4n) is 1.55. The molecular formula is C10H12BrNOS2. The molecule has 1 saturated heterocycles. The number of hydrogen-bond donors (Lipinski definition) is 1. The molecule has 5 heteroatoms. The number of rotatable bonds is 2. The van der Waals surface area contributed by atoms with Gasteiger partial charge in [-0.3, -0.25) is 4.79 Å². The summed E-state index contributed by atoms with van der Waals surface area (Å²) in [5.74, 6) is 2.39. The van der Waals surface area contributed by atoms with E-state index in [0.29, 0.717) is 6.04 Å². The van der Waals surface area contributed by atoms with E-state index < -0.39 is 0 Å². The van der Waals surface area contributed by atoms with Gasteiger partial charge in [-0.05, 0) is 51.7 Å². The highest BCUT2D eigenvalue weighted by Crippen LogP contribution is 2.23. The van der Waals surface area contributed by atoms with Gasteiger partial charge in [0, 0.05) is 10.5 Å². The molecule has 0 bridgehead atoms. The molecule has 1 aromatic rings. The summed E-state index contributed by atoms with van der Waals surface area (Å²) in [4.78, 5) is 12.6. The molecule has 1 amide bonds. The molecule has 82 valence electrons. The number of carbonyl (C=O) groups excluding carboxylic acids is 1. The summed E-state index contributed by atoms with van der Waals surface area (Å²) in [6.45, 7) is 0. The number of hydrogen-bond acceptors (Lipinski definition) is 3. The topological polar surface area (TPSA) is 29.1 Å². The Kier molecular flexibility index (Phi) is 4.11. The lowest BCUT2D eigenvalue weighted by Crippen LogP contribution is -2.37. The molecule has 2 heterocycles. The van der Waals surface area contributed by atoms with E-state index in [4.69, 9.17) is 0 Å². The molecule has 1 aromatic heterocycles. The monoisotopic (exact) mass is 305 g/mol. The van der Waals surface area contributed by atoms with Crippen molar-refractivity contribution in [2.45, 2.75) is 18.9 Å². The first kappa shape index (κ1) is 11.5. The summed E-state index contributed by atoms with van der Waals surface area (Å²) in [5, 5.41) is 5.02. The highest BCUT2D eigenvalue weighted by atomic mass is 79.9. The summed E-state index contributed by atoms with van der Waals surface area (Å²) in [6.07, 6.45) is 2.19. The molecule has 1 fully saturated rings. The minimum absolute atomic E-state index is 0.0637.